The van der Waals surface area contributed by atoms with Gasteiger partial charge in [0.05, 0.1) is 6.42 Å². The van der Waals surface area contributed by atoms with Crippen molar-refractivity contribution in [2.75, 3.05) is 22.6 Å². The first kappa shape index (κ1) is 17.2. The third-order valence-corrected chi connectivity index (χ3v) is 5.14. The highest BCUT2D eigenvalue weighted by Gasteiger charge is 2.21. The van der Waals surface area contributed by atoms with Gasteiger partial charge < -0.3 is 20.5 Å². The first-order valence-corrected chi connectivity index (χ1v) is 9.42. The molecule has 4 aromatic rings. The maximum absolute atomic E-state index is 11.8. The predicted octanol–water partition coefficient (Wildman–Crippen LogP) is 4.27. The fourth-order valence-electron chi connectivity index (χ4n) is 3.64. The first-order chi connectivity index (χ1) is 14.1. The second-order valence-corrected chi connectivity index (χ2v) is 7.18. The lowest BCUT2D eigenvalue weighted by atomic mass is 10.1. The zero-order valence-corrected chi connectivity index (χ0v) is 16.2. The normalized spacial score (nSPS) is 12.7. The Morgan fingerprint density at radius 3 is 2.90 bits per heavy atom. The van der Waals surface area contributed by atoms with Crippen LogP contribution in [0, 0.1) is 6.92 Å². The molecule has 0 atom stereocenters. The van der Waals surface area contributed by atoms with Crippen molar-refractivity contribution in [2.24, 2.45) is 0 Å². The SMILES string of the molecule is Cc1cc(N(C)c2ccc3cc[nH]c3c2)nc(Nc2cccc3c2CC(=O)N3)n1. The summed E-state index contributed by atoms with van der Waals surface area (Å²) in [6, 6.07) is 16.0. The number of aromatic nitrogens is 3. The van der Waals surface area contributed by atoms with Crippen LogP contribution in [0.4, 0.5) is 28.8 Å². The monoisotopic (exact) mass is 384 g/mol. The molecule has 144 valence electrons. The Bertz CT molecular complexity index is 1250. The Morgan fingerprint density at radius 1 is 1.10 bits per heavy atom. The van der Waals surface area contributed by atoms with Gasteiger partial charge in [-0.05, 0) is 42.6 Å². The highest BCUT2D eigenvalue weighted by Crippen LogP contribution is 2.32. The summed E-state index contributed by atoms with van der Waals surface area (Å²) in [6.07, 6.45) is 2.29. The minimum atomic E-state index is -0.000424. The van der Waals surface area contributed by atoms with Crippen LogP contribution >= 0.6 is 0 Å². The number of H-pyrrole nitrogens is 1. The van der Waals surface area contributed by atoms with Gasteiger partial charge in [-0.25, -0.2) is 4.98 Å². The number of rotatable bonds is 4. The Kier molecular flexibility index (Phi) is 3.94. The van der Waals surface area contributed by atoms with Crippen LogP contribution in [0.1, 0.15) is 11.3 Å². The van der Waals surface area contributed by atoms with Crippen molar-refractivity contribution in [2.45, 2.75) is 13.3 Å². The van der Waals surface area contributed by atoms with Gasteiger partial charge in [-0.2, -0.15) is 4.98 Å². The average molecular weight is 384 g/mol. The van der Waals surface area contributed by atoms with E-state index in [1.807, 2.05) is 55.4 Å². The molecule has 3 heterocycles. The van der Waals surface area contributed by atoms with Crippen molar-refractivity contribution < 1.29 is 4.79 Å². The molecule has 2 aromatic carbocycles. The molecule has 0 fully saturated rings. The molecule has 0 unspecified atom stereocenters. The van der Waals surface area contributed by atoms with E-state index in [9.17, 15) is 4.79 Å². The Balaban J connectivity index is 1.48. The lowest BCUT2D eigenvalue weighted by Crippen LogP contribution is -2.13. The molecule has 1 aliphatic heterocycles. The topological polar surface area (TPSA) is 85.9 Å². The van der Waals surface area contributed by atoms with Gasteiger partial charge in [0, 0.05) is 53.1 Å². The molecule has 0 bridgehead atoms. The Morgan fingerprint density at radius 2 is 2.00 bits per heavy atom. The van der Waals surface area contributed by atoms with E-state index >= 15 is 0 Å². The van der Waals surface area contributed by atoms with E-state index in [-0.39, 0.29) is 5.91 Å². The van der Waals surface area contributed by atoms with Crippen LogP contribution in [0.2, 0.25) is 0 Å². The number of carbonyl (C=O) groups excluding carboxylic acids is 1. The molecule has 5 rings (SSSR count). The molecule has 1 amide bonds. The van der Waals surface area contributed by atoms with Gasteiger partial charge in [-0.1, -0.05) is 12.1 Å². The number of amides is 1. The fraction of sp³-hybridized carbons (Fsp3) is 0.136. The van der Waals surface area contributed by atoms with E-state index in [1.165, 1.54) is 5.39 Å². The van der Waals surface area contributed by atoms with Crippen LogP contribution in [-0.2, 0) is 11.2 Å². The summed E-state index contributed by atoms with van der Waals surface area (Å²) >= 11 is 0. The van der Waals surface area contributed by atoms with E-state index < -0.39 is 0 Å². The molecule has 3 N–H and O–H groups in total. The van der Waals surface area contributed by atoms with Crippen molar-refractivity contribution in [1.82, 2.24) is 15.0 Å². The molecule has 2 aromatic heterocycles. The number of hydrogen-bond donors (Lipinski definition) is 3. The summed E-state index contributed by atoms with van der Waals surface area (Å²) < 4.78 is 0. The van der Waals surface area contributed by atoms with Crippen LogP contribution in [0.15, 0.2) is 54.7 Å². The van der Waals surface area contributed by atoms with Gasteiger partial charge in [0.1, 0.15) is 5.82 Å². The van der Waals surface area contributed by atoms with Crippen LogP contribution in [-0.4, -0.2) is 27.9 Å². The average Bonchev–Trinajstić information content (AvgIpc) is 3.32. The minimum absolute atomic E-state index is 0.000424. The van der Waals surface area contributed by atoms with Crippen molar-refractivity contribution >= 4 is 45.6 Å². The van der Waals surface area contributed by atoms with Crippen molar-refractivity contribution in [3.8, 4) is 0 Å². The molecule has 1 aliphatic rings. The van der Waals surface area contributed by atoms with Crippen molar-refractivity contribution in [3.63, 3.8) is 0 Å². The summed E-state index contributed by atoms with van der Waals surface area (Å²) in [5.74, 6) is 1.28. The molecule has 0 saturated heterocycles. The molecule has 7 heteroatoms. The number of benzene rings is 2. The smallest absolute Gasteiger partial charge is 0.229 e. The minimum Gasteiger partial charge on any atom is -0.361 e. The van der Waals surface area contributed by atoms with Crippen molar-refractivity contribution in [3.05, 3.63) is 66.0 Å². The summed E-state index contributed by atoms with van der Waals surface area (Å²) in [7, 11) is 1.98. The summed E-state index contributed by atoms with van der Waals surface area (Å²) in [5, 5.41) is 7.33. The number of anilines is 5. The third kappa shape index (κ3) is 3.16. The zero-order chi connectivity index (χ0) is 20.0. The first-order valence-electron chi connectivity index (χ1n) is 9.42. The third-order valence-electron chi connectivity index (χ3n) is 5.14. The standard InChI is InChI=1S/C22H20N6O/c1-13-10-20(28(2)15-7-6-14-8-9-23-19(14)11-15)27-22(24-13)26-18-5-3-4-17-16(18)12-21(29)25-17/h3-11,23H,12H2,1-2H3,(H,25,29)(H,24,26,27). The number of aromatic amines is 1. The number of nitrogens with zero attached hydrogens (tertiary/aromatic N) is 3. The molecule has 0 saturated carbocycles. The van der Waals surface area contributed by atoms with E-state index in [4.69, 9.17) is 4.98 Å². The molecule has 0 spiro atoms. The van der Waals surface area contributed by atoms with Gasteiger partial charge in [0.15, 0.2) is 0 Å². The van der Waals surface area contributed by atoms with Gasteiger partial charge in [-0.15, -0.1) is 0 Å². The molecule has 29 heavy (non-hydrogen) atoms. The number of fused-ring (bicyclic) bond motifs is 2. The quantitative estimate of drug-likeness (QED) is 0.489. The van der Waals surface area contributed by atoms with E-state index in [2.05, 4.69) is 38.8 Å². The van der Waals surface area contributed by atoms with Gasteiger partial charge >= 0.3 is 0 Å². The van der Waals surface area contributed by atoms with Crippen LogP contribution in [0.3, 0.4) is 0 Å². The van der Waals surface area contributed by atoms with Crippen LogP contribution in [0.5, 0.6) is 0 Å². The largest absolute Gasteiger partial charge is 0.361 e. The van der Waals surface area contributed by atoms with E-state index in [0.29, 0.717) is 12.4 Å². The maximum atomic E-state index is 11.8. The number of carbonyl (C=O) groups is 1. The van der Waals surface area contributed by atoms with E-state index in [0.717, 1.165) is 39.7 Å². The molecule has 7 nitrogen and oxygen atoms in total. The molecular formula is C22H20N6O. The molecule has 0 aliphatic carbocycles. The fourth-order valence-corrected chi connectivity index (χ4v) is 3.64. The van der Waals surface area contributed by atoms with Crippen LogP contribution < -0.4 is 15.5 Å². The Hall–Kier alpha value is -3.87. The van der Waals surface area contributed by atoms with Crippen LogP contribution in [0.25, 0.3) is 10.9 Å². The number of aryl methyl sites for hydroxylation is 1. The van der Waals surface area contributed by atoms with Gasteiger partial charge in [0.25, 0.3) is 0 Å². The molecule has 0 radical (unpaired) electrons. The zero-order valence-electron chi connectivity index (χ0n) is 16.2. The second-order valence-electron chi connectivity index (χ2n) is 7.18. The lowest BCUT2D eigenvalue weighted by Gasteiger charge is -2.20. The summed E-state index contributed by atoms with van der Waals surface area (Å²) in [5.41, 5.74) is 5.58. The van der Waals surface area contributed by atoms with E-state index in [1.54, 1.807) is 0 Å². The summed E-state index contributed by atoms with van der Waals surface area (Å²) in [6.45, 7) is 1.94. The van der Waals surface area contributed by atoms with Gasteiger partial charge in [0.2, 0.25) is 11.9 Å². The Labute approximate surface area is 167 Å². The van der Waals surface area contributed by atoms with Gasteiger partial charge in [-0.3, -0.25) is 4.79 Å². The molecular weight excluding hydrogens is 364 g/mol. The number of hydrogen-bond acceptors (Lipinski definition) is 5. The lowest BCUT2D eigenvalue weighted by molar-refractivity contribution is -0.115. The maximum Gasteiger partial charge on any atom is 0.229 e. The number of nitrogens with one attached hydrogen (secondary N) is 3. The van der Waals surface area contributed by atoms with Crippen molar-refractivity contribution in [1.29, 1.82) is 0 Å². The highest BCUT2D eigenvalue weighted by atomic mass is 16.1. The summed E-state index contributed by atoms with van der Waals surface area (Å²) in [4.78, 5) is 26.3. The second kappa shape index (κ2) is 6.63. The highest BCUT2D eigenvalue weighted by molar-refractivity contribution is 6.01. The predicted molar refractivity (Wildman–Crippen MR) is 115 cm³/mol.